The number of nitrogen functional groups attached to an aromatic ring is 1. The van der Waals surface area contributed by atoms with Crippen LogP contribution in [0.25, 0.3) is 10.2 Å². The number of ether oxygens (including phenoxy) is 1. The second kappa shape index (κ2) is 10.0. The Morgan fingerprint density at radius 3 is 2.97 bits per heavy atom. The van der Waals surface area contributed by atoms with Gasteiger partial charge in [-0.05, 0) is 44.4 Å². The monoisotopic (exact) mass is 495 g/mol. The highest BCUT2D eigenvalue weighted by Gasteiger charge is 2.33. The number of pyridine rings is 1. The molecule has 5 rings (SSSR count). The van der Waals surface area contributed by atoms with Gasteiger partial charge in [0.05, 0.1) is 17.7 Å². The molecule has 3 unspecified atom stereocenters. The van der Waals surface area contributed by atoms with Crippen LogP contribution in [0.3, 0.4) is 0 Å². The minimum atomic E-state index is -0.142. The van der Waals surface area contributed by atoms with Crippen LogP contribution in [0.5, 0.6) is 0 Å². The summed E-state index contributed by atoms with van der Waals surface area (Å²) < 4.78 is 5.45. The lowest BCUT2D eigenvalue weighted by Gasteiger charge is -2.26. The van der Waals surface area contributed by atoms with E-state index < -0.39 is 0 Å². The molecule has 35 heavy (non-hydrogen) atoms. The van der Waals surface area contributed by atoms with Gasteiger partial charge in [-0.3, -0.25) is 4.79 Å². The van der Waals surface area contributed by atoms with E-state index in [2.05, 4.69) is 44.6 Å². The zero-order valence-electron chi connectivity index (χ0n) is 20.5. The molecule has 0 bridgehead atoms. The normalized spacial score (nSPS) is 21.9. The van der Waals surface area contributed by atoms with E-state index in [4.69, 9.17) is 15.5 Å². The number of fused-ring (bicyclic) bond motifs is 2. The average molecular weight is 496 g/mol. The number of aryl methyl sites for hydroxylation is 2. The molecule has 0 spiro atoms. The van der Waals surface area contributed by atoms with Crippen molar-refractivity contribution in [3.63, 3.8) is 0 Å². The fourth-order valence-corrected chi connectivity index (χ4v) is 6.25. The van der Waals surface area contributed by atoms with Crippen molar-refractivity contribution in [2.45, 2.75) is 45.2 Å². The molecule has 1 aliphatic carbocycles. The molecular formula is C25H33N7O2S. The van der Waals surface area contributed by atoms with Gasteiger partial charge in [0.2, 0.25) is 0 Å². The first-order valence-electron chi connectivity index (χ1n) is 12.2. The number of likely N-dealkylation sites (N-methyl/N-ethyl adjacent to an activating group) is 1. The lowest BCUT2D eigenvalue weighted by molar-refractivity contribution is 0.0938. The van der Waals surface area contributed by atoms with Crippen molar-refractivity contribution in [3.05, 3.63) is 40.3 Å². The number of nitrogens with zero attached hydrogens (tertiary/aromatic N) is 4. The number of carbonyl (C=O) groups excluding carboxylic acids is 1. The molecular weight excluding hydrogens is 462 g/mol. The molecule has 3 atom stereocenters. The number of nitrogens with two attached hydrogens (primary N) is 1. The zero-order chi connectivity index (χ0) is 24.5. The first kappa shape index (κ1) is 23.9. The van der Waals surface area contributed by atoms with Gasteiger partial charge in [0, 0.05) is 50.1 Å². The Hall–Kier alpha value is -2.82. The molecule has 3 aromatic heterocycles. The van der Waals surface area contributed by atoms with Crippen LogP contribution in [0.1, 0.15) is 40.1 Å². The average Bonchev–Trinajstić information content (AvgIpc) is 3.39. The molecule has 1 fully saturated rings. The van der Waals surface area contributed by atoms with E-state index in [0.717, 1.165) is 67.2 Å². The summed E-state index contributed by atoms with van der Waals surface area (Å²) in [4.78, 5) is 30.3. The SMILES string of the molecule is CCNC1CN(c2ccc3c(n2)CCC(NC(=O)c2sc4nc(C)ncc4c2N)C3)CC1COC. The topological polar surface area (TPSA) is 118 Å². The Morgan fingerprint density at radius 2 is 2.17 bits per heavy atom. The highest BCUT2D eigenvalue weighted by molar-refractivity contribution is 7.21. The molecule has 4 heterocycles. The molecule has 1 amide bonds. The summed E-state index contributed by atoms with van der Waals surface area (Å²) in [7, 11) is 1.77. The second-order valence-electron chi connectivity index (χ2n) is 9.45. The van der Waals surface area contributed by atoms with Crippen LogP contribution in [0.2, 0.25) is 0 Å². The standard InChI is InChI=1S/C25H33N7O2S/c1-4-27-20-12-32(11-16(20)13-34-3)21-8-5-15-9-17(6-7-19(15)31-21)30-24(33)23-22(26)18-10-28-14(2)29-25(18)35-23/h5,8,10,16-17,20,27H,4,6-7,9,11-13,26H2,1-3H3,(H,30,33). The fraction of sp³-hybridized carbons (Fsp3) is 0.520. The third-order valence-corrected chi connectivity index (χ3v) is 8.12. The number of hydrogen-bond donors (Lipinski definition) is 3. The maximum atomic E-state index is 13.0. The number of rotatable bonds is 7. The maximum Gasteiger partial charge on any atom is 0.263 e. The molecule has 10 heteroatoms. The summed E-state index contributed by atoms with van der Waals surface area (Å²) in [6.45, 7) is 7.54. The Bertz CT molecular complexity index is 1220. The van der Waals surface area contributed by atoms with Crippen LogP contribution >= 0.6 is 11.3 Å². The summed E-state index contributed by atoms with van der Waals surface area (Å²) >= 11 is 1.32. The van der Waals surface area contributed by atoms with Gasteiger partial charge in [0.1, 0.15) is 21.3 Å². The highest BCUT2D eigenvalue weighted by Crippen LogP contribution is 2.32. The van der Waals surface area contributed by atoms with Crippen LogP contribution in [0.4, 0.5) is 11.5 Å². The molecule has 2 aliphatic rings. The largest absolute Gasteiger partial charge is 0.397 e. The van der Waals surface area contributed by atoms with E-state index in [1.165, 1.54) is 16.9 Å². The van der Waals surface area contributed by atoms with E-state index in [0.29, 0.717) is 28.3 Å². The number of amides is 1. The first-order valence-corrected chi connectivity index (χ1v) is 13.1. The molecule has 0 radical (unpaired) electrons. The number of aromatic nitrogens is 3. The van der Waals surface area contributed by atoms with Crippen molar-refractivity contribution in [2.24, 2.45) is 5.92 Å². The number of nitrogens with one attached hydrogen (secondary N) is 2. The van der Waals surface area contributed by atoms with E-state index in [-0.39, 0.29) is 11.9 Å². The van der Waals surface area contributed by atoms with Crippen molar-refractivity contribution in [1.29, 1.82) is 0 Å². The van der Waals surface area contributed by atoms with Crippen LogP contribution in [0.15, 0.2) is 18.3 Å². The van der Waals surface area contributed by atoms with Gasteiger partial charge >= 0.3 is 0 Å². The summed E-state index contributed by atoms with van der Waals surface area (Å²) in [5, 5.41) is 7.51. The quantitative estimate of drug-likeness (QED) is 0.457. The van der Waals surface area contributed by atoms with Gasteiger partial charge in [-0.2, -0.15) is 0 Å². The zero-order valence-corrected chi connectivity index (χ0v) is 21.3. The molecule has 1 aliphatic heterocycles. The Morgan fingerprint density at radius 1 is 1.31 bits per heavy atom. The van der Waals surface area contributed by atoms with Crippen LogP contribution in [-0.4, -0.2) is 66.3 Å². The lowest BCUT2D eigenvalue weighted by atomic mass is 9.91. The van der Waals surface area contributed by atoms with Gasteiger partial charge in [-0.15, -0.1) is 11.3 Å². The van der Waals surface area contributed by atoms with Gasteiger partial charge in [0.25, 0.3) is 5.91 Å². The molecule has 4 N–H and O–H groups in total. The van der Waals surface area contributed by atoms with Gasteiger partial charge < -0.3 is 26.0 Å². The molecule has 186 valence electrons. The van der Waals surface area contributed by atoms with Crippen molar-refractivity contribution >= 4 is 39.0 Å². The first-order chi connectivity index (χ1) is 17.0. The van der Waals surface area contributed by atoms with Crippen LogP contribution < -0.4 is 21.3 Å². The lowest BCUT2D eigenvalue weighted by Crippen LogP contribution is -2.39. The fourth-order valence-electron chi connectivity index (χ4n) is 5.24. The Kier molecular flexibility index (Phi) is 6.86. The van der Waals surface area contributed by atoms with Crippen LogP contribution in [-0.2, 0) is 17.6 Å². The van der Waals surface area contributed by atoms with Crippen molar-refractivity contribution in [3.8, 4) is 0 Å². The van der Waals surface area contributed by atoms with E-state index in [1.54, 1.807) is 13.3 Å². The smallest absolute Gasteiger partial charge is 0.263 e. The Balaban J connectivity index is 1.25. The van der Waals surface area contributed by atoms with Crippen molar-refractivity contribution in [2.75, 3.05) is 44.0 Å². The van der Waals surface area contributed by atoms with Crippen molar-refractivity contribution < 1.29 is 9.53 Å². The predicted octanol–water partition coefficient (Wildman–Crippen LogP) is 2.32. The van der Waals surface area contributed by atoms with Gasteiger partial charge in [0.15, 0.2) is 0 Å². The Labute approximate surface area is 209 Å². The highest BCUT2D eigenvalue weighted by atomic mass is 32.1. The summed E-state index contributed by atoms with van der Waals surface area (Å²) in [5.41, 5.74) is 9.04. The summed E-state index contributed by atoms with van der Waals surface area (Å²) in [6, 6.07) is 4.75. The third kappa shape index (κ3) is 4.82. The minimum Gasteiger partial charge on any atom is -0.397 e. The molecule has 3 aromatic rings. The molecule has 9 nitrogen and oxygen atoms in total. The number of thiophene rings is 1. The minimum absolute atomic E-state index is 0.0519. The molecule has 0 saturated carbocycles. The maximum absolute atomic E-state index is 13.0. The van der Waals surface area contributed by atoms with E-state index in [9.17, 15) is 4.79 Å². The number of hydrogen-bond acceptors (Lipinski definition) is 9. The molecule has 1 saturated heterocycles. The molecule has 0 aromatic carbocycles. The van der Waals surface area contributed by atoms with Gasteiger partial charge in [-0.1, -0.05) is 13.0 Å². The predicted molar refractivity (Wildman–Crippen MR) is 139 cm³/mol. The number of methoxy groups -OCH3 is 1. The second-order valence-corrected chi connectivity index (χ2v) is 10.5. The van der Waals surface area contributed by atoms with E-state index >= 15 is 0 Å². The third-order valence-electron chi connectivity index (χ3n) is 7.01. The van der Waals surface area contributed by atoms with Crippen molar-refractivity contribution in [1.82, 2.24) is 25.6 Å². The van der Waals surface area contributed by atoms with Crippen LogP contribution in [0, 0.1) is 12.8 Å². The number of carbonyl (C=O) groups is 1. The summed E-state index contributed by atoms with van der Waals surface area (Å²) in [6.07, 6.45) is 4.15. The summed E-state index contributed by atoms with van der Waals surface area (Å²) in [5.74, 6) is 2.01. The van der Waals surface area contributed by atoms with E-state index in [1.807, 2.05) is 6.92 Å². The van der Waals surface area contributed by atoms with Gasteiger partial charge in [-0.25, -0.2) is 15.0 Å². The number of anilines is 2.